The lowest BCUT2D eigenvalue weighted by atomic mass is 10.1. The third-order valence-corrected chi connectivity index (χ3v) is 6.28. The number of carbonyl (C=O) groups is 3. The molecule has 0 atom stereocenters. The van der Waals surface area contributed by atoms with Gasteiger partial charge in [0.2, 0.25) is 5.91 Å². The number of halogens is 2. The van der Waals surface area contributed by atoms with E-state index < -0.39 is 5.91 Å². The van der Waals surface area contributed by atoms with Crippen molar-refractivity contribution in [2.75, 3.05) is 44.7 Å². The SMILES string of the molecule is CC(=O)Nc1nccc2c1ccn2C(=O)c1c(Cl)cc(C(=O)NCCCN2CCOCC2)cc1Cl. The maximum Gasteiger partial charge on any atom is 0.265 e. The molecule has 0 spiro atoms. The summed E-state index contributed by atoms with van der Waals surface area (Å²) in [7, 11) is 0. The van der Waals surface area contributed by atoms with Crippen LogP contribution in [0.1, 0.15) is 34.1 Å². The molecule has 11 heteroatoms. The standard InChI is InChI=1S/C24H25Cl2N5O4/c1-15(32)29-22-17-4-8-31(20(17)3-6-27-22)24(34)21-18(25)13-16(14-19(21)26)23(33)28-5-2-7-30-9-11-35-12-10-30/h3-4,6,8,13-14H,2,5,7,9-12H2,1H3,(H,28,33)(H,27,29,32). The highest BCUT2D eigenvalue weighted by Crippen LogP contribution is 2.30. The Balaban J connectivity index is 1.47. The van der Waals surface area contributed by atoms with Crippen LogP contribution in [0, 0.1) is 0 Å². The number of hydrogen-bond donors (Lipinski definition) is 2. The Labute approximate surface area is 212 Å². The number of ether oxygens (including phenoxy) is 1. The van der Waals surface area contributed by atoms with Gasteiger partial charge in [-0.15, -0.1) is 0 Å². The van der Waals surface area contributed by atoms with Crippen LogP contribution in [-0.2, 0) is 9.53 Å². The number of fused-ring (bicyclic) bond motifs is 1. The van der Waals surface area contributed by atoms with Crippen molar-refractivity contribution in [2.24, 2.45) is 0 Å². The molecule has 3 aromatic rings. The van der Waals surface area contributed by atoms with Crippen LogP contribution >= 0.6 is 23.2 Å². The van der Waals surface area contributed by atoms with E-state index in [0.717, 1.165) is 39.3 Å². The van der Waals surface area contributed by atoms with Crippen molar-refractivity contribution in [1.29, 1.82) is 0 Å². The molecule has 1 aliphatic rings. The van der Waals surface area contributed by atoms with Crippen LogP contribution in [0.3, 0.4) is 0 Å². The number of benzene rings is 1. The zero-order chi connectivity index (χ0) is 24.9. The molecule has 35 heavy (non-hydrogen) atoms. The number of rotatable bonds is 7. The topological polar surface area (TPSA) is 106 Å². The first-order valence-corrected chi connectivity index (χ1v) is 12.0. The summed E-state index contributed by atoms with van der Waals surface area (Å²) in [6.45, 7) is 6.03. The molecule has 2 aromatic heterocycles. The van der Waals surface area contributed by atoms with Crippen LogP contribution in [0.4, 0.5) is 5.82 Å². The third-order valence-electron chi connectivity index (χ3n) is 5.69. The zero-order valence-electron chi connectivity index (χ0n) is 19.1. The van der Waals surface area contributed by atoms with Crippen molar-refractivity contribution in [3.8, 4) is 0 Å². The van der Waals surface area contributed by atoms with E-state index in [0.29, 0.717) is 23.3 Å². The van der Waals surface area contributed by atoms with Gasteiger partial charge in [0.25, 0.3) is 11.8 Å². The van der Waals surface area contributed by atoms with E-state index in [1.807, 2.05) is 0 Å². The van der Waals surface area contributed by atoms with E-state index in [-0.39, 0.29) is 33.0 Å². The van der Waals surface area contributed by atoms with E-state index in [1.165, 1.54) is 29.8 Å². The van der Waals surface area contributed by atoms with Crippen LogP contribution in [0.15, 0.2) is 36.7 Å². The predicted molar refractivity (Wildman–Crippen MR) is 134 cm³/mol. The highest BCUT2D eigenvalue weighted by atomic mass is 35.5. The molecule has 184 valence electrons. The smallest absolute Gasteiger partial charge is 0.265 e. The Morgan fingerprint density at radius 2 is 1.83 bits per heavy atom. The van der Waals surface area contributed by atoms with E-state index in [1.54, 1.807) is 18.3 Å². The van der Waals surface area contributed by atoms with Crippen LogP contribution in [0.25, 0.3) is 10.9 Å². The highest BCUT2D eigenvalue weighted by Gasteiger charge is 2.22. The molecule has 0 unspecified atom stereocenters. The minimum absolute atomic E-state index is 0.0685. The predicted octanol–water partition coefficient (Wildman–Crippen LogP) is 3.44. The average molecular weight is 518 g/mol. The molecular formula is C24H25Cl2N5O4. The first-order chi connectivity index (χ1) is 16.8. The van der Waals surface area contributed by atoms with Gasteiger partial charge in [0, 0.05) is 49.9 Å². The van der Waals surface area contributed by atoms with Crippen LogP contribution in [0.2, 0.25) is 10.0 Å². The monoisotopic (exact) mass is 517 g/mol. The molecule has 0 radical (unpaired) electrons. The average Bonchev–Trinajstić information content (AvgIpc) is 3.27. The molecule has 2 amide bonds. The number of nitrogens with zero attached hydrogens (tertiary/aromatic N) is 3. The van der Waals surface area contributed by atoms with Crippen molar-refractivity contribution in [1.82, 2.24) is 19.8 Å². The quantitative estimate of drug-likeness (QED) is 0.465. The fourth-order valence-corrected chi connectivity index (χ4v) is 4.62. The first kappa shape index (κ1) is 25.1. The van der Waals surface area contributed by atoms with Gasteiger partial charge in [-0.3, -0.25) is 23.9 Å². The Bertz CT molecular complexity index is 1250. The number of anilines is 1. The molecule has 0 aliphatic carbocycles. The van der Waals surface area contributed by atoms with Gasteiger partial charge in [-0.1, -0.05) is 23.2 Å². The van der Waals surface area contributed by atoms with E-state index in [2.05, 4.69) is 20.5 Å². The van der Waals surface area contributed by atoms with Crippen molar-refractivity contribution in [3.05, 3.63) is 57.8 Å². The lowest BCUT2D eigenvalue weighted by Gasteiger charge is -2.26. The second-order valence-electron chi connectivity index (χ2n) is 8.14. The lowest BCUT2D eigenvalue weighted by molar-refractivity contribution is -0.114. The van der Waals surface area contributed by atoms with Crippen LogP contribution < -0.4 is 10.6 Å². The van der Waals surface area contributed by atoms with Gasteiger partial charge in [0.05, 0.1) is 34.3 Å². The van der Waals surface area contributed by atoms with Gasteiger partial charge in [0.15, 0.2) is 0 Å². The van der Waals surface area contributed by atoms with Crippen LogP contribution in [0.5, 0.6) is 0 Å². The Morgan fingerprint density at radius 1 is 1.11 bits per heavy atom. The minimum Gasteiger partial charge on any atom is -0.379 e. The Hall–Kier alpha value is -2.98. The molecule has 3 heterocycles. The molecule has 0 saturated carbocycles. The first-order valence-electron chi connectivity index (χ1n) is 11.2. The number of amides is 2. The van der Waals surface area contributed by atoms with E-state index in [9.17, 15) is 14.4 Å². The summed E-state index contributed by atoms with van der Waals surface area (Å²) in [5.41, 5.74) is 0.882. The van der Waals surface area contributed by atoms with Gasteiger partial charge in [-0.05, 0) is 37.2 Å². The Morgan fingerprint density at radius 3 is 2.51 bits per heavy atom. The maximum atomic E-state index is 13.3. The number of aromatic nitrogens is 2. The van der Waals surface area contributed by atoms with Gasteiger partial charge in [-0.2, -0.15) is 0 Å². The number of carbonyl (C=O) groups excluding carboxylic acids is 3. The molecular weight excluding hydrogens is 493 g/mol. The summed E-state index contributed by atoms with van der Waals surface area (Å²) in [4.78, 5) is 43.8. The third kappa shape index (κ3) is 5.82. The van der Waals surface area contributed by atoms with E-state index in [4.69, 9.17) is 27.9 Å². The number of hydrogen-bond acceptors (Lipinski definition) is 6. The lowest BCUT2D eigenvalue weighted by Crippen LogP contribution is -2.38. The highest BCUT2D eigenvalue weighted by molar-refractivity contribution is 6.40. The fourth-order valence-electron chi connectivity index (χ4n) is 3.97. The summed E-state index contributed by atoms with van der Waals surface area (Å²) in [5, 5.41) is 6.24. The van der Waals surface area contributed by atoms with Crippen molar-refractivity contribution < 1.29 is 19.1 Å². The summed E-state index contributed by atoms with van der Waals surface area (Å²) in [6.07, 6.45) is 3.86. The van der Waals surface area contributed by atoms with E-state index >= 15 is 0 Å². The van der Waals surface area contributed by atoms with Gasteiger partial charge in [-0.25, -0.2) is 4.98 Å². The maximum absolute atomic E-state index is 13.3. The number of nitrogens with one attached hydrogen (secondary N) is 2. The molecule has 1 saturated heterocycles. The normalized spacial score (nSPS) is 14.1. The second-order valence-corrected chi connectivity index (χ2v) is 8.96. The van der Waals surface area contributed by atoms with Crippen molar-refractivity contribution >= 4 is 57.6 Å². The molecule has 0 bridgehead atoms. The summed E-state index contributed by atoms with van der Waals surface area (Å²) >= 11 is 12.8. The van der Waals surface area contributed by atoms with Gasteiger partial charge >= 0.3 is 0 Å². The molecule has 1 aliphatic heterocycles. The summed E-state index contributed by atoms with van der Waals surface area (Å²) in [5.74, 6) is -0.704. The van der Waals surface area contributed by atoms with Gasteiger partial charge < -0.3 is 15.4 Å². The largest absolute Gasteiger partial charge is 0.379 e. The summed E-state index contributed by atoms with van der Waals surface area (Å²) < 4.78 is 6.71. The molecule has 4 rings (SSSR count). The second kappa shape index (κ2) is 11.2. The number of morpholine rings is 1. The Kier molecular flexibility index (Phi) is 8.02. The molecule has 9 nitrogen and oxygen atoms in total. The zero-order valence-corrected chi connectivity index (χ0v) is 20.7. The van der Waals surface area contributed by atoms with Crippen LogP contribution in [-0.4, -0.2) is 71.6 Å². The minimum atomic E-state index is -0.465. The molecule has 1 aromatic carbocycles. The molecule has 2 N–H and O–H groups in total. The van der Waals surface area contributed by atoms with Crippen molar-refractivity contribution in [3.63, 3.8) is 0 Å². The summed E-state index contributed by atoms with van der Waals surface area (Å²) in [6, 6.07) is 6.20. The fraction of sp³-hybridized carbons (Fsp3) is 0.333. The van der Waals surface area contributed by atoms with Crippen molar-refractivity contribution in [2.45, 2.75) is 13.3 Å². The van der Waals surface area contributed by atoms with Gasteiger partial charge in [0.1, 0.15) is 5.82 Å². The number of pyridine rings is 1. The molecule has 1 fully saturated rings.